The van der Waals surface area contributed by atoms with Crippen LogP contribution in [0.1, 0.15) is 38.3 Å². The molecule has 5 heteroatoms. The minimum absolute atomic E-state index is 0.0106. The average molecular weight is 435 g/mol. The van der Waals surface area contributed by atoms with Crippen LogP contribution in [0.25, 0.3) is 17.2 Å². The van der Waals surface area contributed by atoms with Gasteiger partial charge in [0.25, 0.3) is 0 Å². The lowest BCUT2D eigenvalue weighted by Crippen LogP contribution is -2.46. The number of ether oxygens (including phenoxy) is 1. The Bertz CT molecular complexity index is 1000. The Balaban J connectivity index is 1.38. The lowest BCUT2D eigenvalue weighted by atomic mass is 9.57. The molecule has 0 unspecified atom stereocenters. The fourth-order valence-electron chi connectivity index (χ4n) is 6.43. The van der Waals surface area contributed by atoms with Gasteiger partial charge in [0.2, 0.25) is 0 Å². The van der Waals surface area contributed by atoms with Crippen LogP contribution in [0.4, 0.5) is 4.39 Å². The van der Waals surface area contributed by atoms with E-state index in [2.05, 4.69) is 29.4 Å². The molecule has 2 heterocycles. The van der Waals surface area contributed by atoms with Gasteiger partial charge in [-0.3, -0.25) is 9.78 Å². The number of aromatic nitrogens is 1. The van der Waals surface area contributed by atoms with Gasteiger partial charge < -0.3 is 10.1 Å². The first-order valence-corrected chi connectivity index (χ1v) is 11.8. The van der Waals surface area contributed by atoms with Crippen LogP contribution in [0.15, 0.2) is 48.7 Å². The molecule has 32 heavy (non-hydrogen) atoms. The van der Waals surface area contributed by atoms with Crippen molar-refractivity contribution in [2.45, 2.75) is 44.8 Å². The molecule has 0 spiro atoms. The van der Waals surface area contributed by atoms with Crippen LogP contribution in [0.2, 0.25) is 0 Å². The van der Waals surface area contributed by atoms with Crippen LogP contribution in [0.3, 0.4) is 0 Å². The number of allylic oxidation sites excluding steroid dienone is 1. The number of cyclic esters (lactones) is 1. The average Bonchev–Trinajstić information content (AvgIpc) is 3.09. The summed E-state index contributed by atoms with van der Waals surface area (Å²) in [5, 5.41) is 3.44. The summed E-state index contributed by atoms with van der Waals surface area (Å²) in [6.45, 7) is 2.05. The molecule has 3 fully saturated rings. The molecule has 2 saturated carbocycles. The number of hydrogen-bond acceptors (Lipinski definition) is 4. The van der Waals surface area contributed by atoms with Gasteiger partial charge in [0.05, 0.1) is 11.6 Å². The highest BCUT2D eigenvalue weighted by Gasteiger charge is 2.54. The maximum Gasteiger partial charge on any atom is 0.309 e. The van der Waals surface area contributed by atoms with Crippen molar-refractivity contribution in [1.82, 2.24) is 10.3 Å². The van der Waals surface area contributed by atoms with E-state index < -0.39 is 0 Å². The van der Waals surface area contributed by atoms with Gasteiger partial charge in [-0.25, -0.2) is 4.39 Å². The first kappa shape index (κ1) is 21.3. The van der Waals surface area contributed by atoms with Crippen molar-refractivity contribution in [3.63, 3.8) is 0 Å². The first-order chi connectivity index (χ1) is 15.5. The Kier molecular flexibility index (Phi) is 5.85. The summed E-state index contributed by atoms with van der Waals surface area (Å²) in [5.74, 6) is 1.46. The molecule has 3 aliphatic rings. The van der Waals surface area contributed by atoms with E-state index in [0.717, 1.165) is 29.7 Å². The molecule has 1 aliphatic heterocycles. The third-order valence-corrected chi connectivity index (χ3v) is 7.99. The summed E-state index contributed by atoms with van der Waals surface area (Å²) in [5.41, 5.74) is 2.60. The summed E-state index contributed by atoms with van der Waals surface area (Å²) < 4.78 is 19.2. The number of benzene rings is 1. The fourth-order valence-corrected chi connectivity index (χ4v) is 6.43. The summed E-state index contributed by atoms with van der Waals surface area (Å²) in [7, 11) is 2.04. The zero-order valence-corrected chi connectivity index (χ0v) is 18.7. The van der Waals surface area contributed by atoms with Crippen molar-refractivity contribution in [3.8, 4) is 11.1 Å². The second-order valence-electron chi connectivity index (χ2n) is 9.70. The number of halogens is 1. The first-order valence-electron chi connectivity index (χ1n) is 11.8. The number of pyridine rings is 1. The number of carbonyl (C=O) groups is 1. The minimum Gasteiger partial charge on any atom is -0.462 e. The molecule has 0 bridgehead atoms. The highest BCUT2D eigenvalue weighted by atomic mass is 19.1. The van der Waals surface area contributed by atoms with E-state index in [1.54, 1.807) is 12.3 Å². The van der Waals surface area contributed by atoms with Crippen LogP contribution >= 0.6 is 0 Å². The summed E-state index contributed by atoms with van der Waals surface area (Å²) in [6.07, 6.45) is 10.6. The third-order valence-electron chi connectivity index (χ3n) is 7.99. The van der Waals surface area contributed by atoms with E-state index in [1.807, 2.05) is 25.2 Å². The molecule has 168 valence electrons. The van der Waals surface area contributed by atoms with Gasteiger partial charge in [-0.1, -0.05) is 24.3 Å². The standard InChI is InChI=1S/C27H31FN2O2/c1-16-26-24(23-10-9-22(29-2)13-19(23)14-25(26)27(31)32-16)11-8-21-7-6-18(15-30-21)17-4-3-5-20(28)12-17/h3-8,11-12,15-16,19,22-26,29H,9-10,13-14H2,1-2H3/t16-,19+,22+,23-,24+,25-,26+/m1/s1. The maximum absolute atomic E-state index is 13.5. The molecule has 1 saturated heterocycles. The number of carbonyl (C=O) groups excluding carboxylic acids is 1. The van der Waals surface area contributed by atoms with Gasteiger partial charge in [-0.05, 0) is 87.2 Å². The second kappa shape index (κ2) is 8.78. The van der Waals surface area contributed by atoms with Crippen molar-refractivity contribution < 1.29 is 13.9 Å². The Morgan fingerprint density at radius 2 is 2.03 bits per heavy atom. The van der Waals surface area contributed by atoms with E-state index in [9.17, 15) is 9.18 Å². The number of hydrogen-bond donors (Lipinski definition) is 1. The SMILES string of the molecule is CN[C@H]1CC[C@@H]2[C@@H](C1)C[C@H]1C(=O)O[C@H](C)[C@H]1[C@H]2C=Cc1ccc(-c2cccc(F)c2)cn1. The minimum atomic E-state index is -0.247. The molecule has 1 N–H and O–H groups in total. The monoisotopic (exact) mass is 434 g/mol. The van der Waals surface area contributed by atoms with Crippen molar-refractivity contribution in [1.29, 1.82) is 0 Å². The molecular formula is C27H31FN2O2. The zero-order chi connectivity index (χ0) is 22.2. The normalized spacial score (nSPS) is 34.2. The largest absolute Gasteiger partial charge is 0.462 e. The molecule has 7 atom stereocenters. The number of nitrogens with zero attached hydrogens (tertiary/aromatic N) is 1. The number of nitrogens with one attached hydrogen (secondary N) is 1. The van der Waals surface area contributed by atoms with Gasteiger partial charge in [0.15, 0.2) is 0 Å². The van der Waals surface area contributed by atoms with Crippen molar-refractivity contribution in [2.24, 2.45) is 29.6 Å². The Hall–Kier alpha value is -2.53. The highest BCUT2D eigenvalue weighted by molar-refractivity contribution is 5.75. The third kappa shape index (κ3) is 3.99. The van der Waals surface area contributed by atoms with Crippen molar-refractivity contribution in [3.05, 3.63) is 60.2 Å². The molecular weight excluding hydrogens is 403 g/mol. The molecule has 0 radical (unpaired) electrons. The highest BCUT2D eigenvalue weighted by Crippen LogP contribution is 2.53. The number of esters is 1. The Morgan fingerprint density at radius 1 is 1.16 bits per heavy atom. The van der Waals surface area contributed by atoms with Gasteiger partial charge in [0, 0.05) is 23.7 Å². The summed E-state index contributed by atoms with van der Waals surface area (Å²) in [4.78, 5) is 17.2. The van der Waals surface area contributed by atoms with Crippen LogP contribution < -0.4 is 5.32 Å². The lowest BCUT2D eigenvalue weighted by molar-refractivity contribution is -0.144. The van der Waals surface area contributed by atoms with Crippen LogP contribution in [-0.4, -0.2) is 30.1 Å². The van der Waals surface area contributed by atoms with Gasteiger partial charge in [-0.15, -0.1) is 0 Å². The van der Waals surface area contributed by atoms with E-state index in [4.69, 9.17) is 4.74 Å². The lowest BCUT2D eigenvalue weighted by Gasteiger charge is -2.47. The van der Waals surface area contributed by atoms with Crippen LogP contribution in [0.5, 0.6) is 0 Å². The smallest absolute Gasteiger partial charge is 0.309 e. The fraction of sp³-hybridized carbons (Fsp3) is 0.481. The number of rotatable bonds is 4. The van der Waals surface area contributed by atoms with E-state index >= 15 is 0 Å². The maximum atomic E-state index is 13.5. The van der Waals surface area contributed by atoms with E-state index in [1.165, 1.54) is 25.0 Å². The zero-order valence-electron chi connectivity index (χ0n) is 18.7. The van der Waals surface area contributed by atoms with E-state index in [0.29, 0.717) is 23.8 Å². The molecule has 0 amide bonds. The van der Waals surface area contributed by atoms with Crippen molar-refractivity contribution in [2.75, 3.05) is 7.05 Å². The molecule has 1 aromatic carbocycles. The van der Waals surface area contributed by atoms with E-state index in [-0.39, 0.29) is 29.7 Å². The predicted molar refractivity (Wildman–Crippen MR) is 123 cm³/mol. The molecule has 2 aliphatic carbocycles. The van der Waals surface area contributed by atoms with Gasteiger partial charge in [-0.2, -0.15) is 0 Å². The molecule has 4 nitrogen and oxygen atoms in total. The summed E-state index contributed by atoms with van der Waals surface area (Å²) >= 11 is 0. The van der Waals surface area contributed by atoms with Gasteiger partial charge in [0.1, 0.15) is 11.9 Å². The Morgan fingerprint density at radius 3 is 2.78 bits per heavy atom. The van der Waals surface area contributed by atoms with Gasteiger partial charge >= 0.3 is 5.97 Å². The quantitative estimate of drug-likeness (QED) is 0.680. The Labute approximate surface area is 189 Å². The molecule has 1 aromatic heterocycles. The van der Waals surface area contributed by atoms with Crippen molar-refractivity contribution >= 4 is 12.0 Å². The topological polar surface area (TPSA) is 51.2 Å². The molecule has 5 rings (SSSR count). The second-order valence-corrected chi connectivity index (χ2v) is 9.70. The predicted octanol–water partition coefficient (Wildman–Crippen LogP) is 5.10. The molecule has 2 aromatic rings. The number of fused-ring (bicyclic) bond motifs is 2. The van der Waals surface area contributed by atoms with Crippen LogP contribution in [0, 0.1) is 35.4 Å². The summed E-state index contributed by atoms with van der Waals surface area (Å²) in [6, 6.07) is 11.1. The van der Waals surface area contributed by atoms with Crippen LogP contribution in [-0.2, 0) is 9.53 Å².